The van der Waals surface area contributed by atoms with Crippen LogP contribution in [0.2, 0.25) is 0 Å². The molecule has 0 fully saturated rings. The lowest BCUT2D eigenvalue weighted by atomic mass is 9.83. The van der Waals surface area contributed by atoms with Crippen molar-refractivity contribution in [3.05, 3.63) is 34.9 Å². The predicted octanol–water partition coefficient (Wildman–Crippen LogP) is 2.63. The Bertz CT molecular complexity index is 413. The van der Waals surface area contributed by atoms with Crippen LogP contribution in [0.1, 0.15) is 30.5 Å². The van der Waals surface area contributed by atoms with Crippen molar-refractivity contribution in [3.8, 4) is 0 Å². The smallest absolute Gasteiger partial charge is 0.229 e. The third-order valence-electron chi connectivity index (χ3n) is 3.16. The van der Waals surface area contributed by atoms with Gasteiger partial charge in [0.2, 0.25) is 5.91 Å². The van der Waals surface area contributed by atoms with Crippen LogP contribution in [0.3, 0.4) is 0 Å². The number of hydrogen-bond donors (Lipinski definition) is 2. The average molecular weight is 251 g/mol. The van der Waals surface area contributed by atoms with E-state index in [1.165, 1.54) is 16.7 Å². The maximum atomic E-state index is 11.2. The summed E-state index contributed by atoms with van der Waals surface area (Å²) < 4.78 is 0. The number of carbonyl (C=O) groups excluding carboxylic acids is 1. The fourth-order valence-corrected chi connectivity index (χ4v) is 1.75. The van der Waals surface area contributed by atoms with Gasteiger partial charge in [0.05, 0.1) is 5.75 Å². The van der Waals surface area contributed by atoms with E-state index in [4.69, 9.17) is 0 Å². The molecule has 3 heteroatoms. The van der Waals surface area contributed by atoms with Crippen LogP contribution in [0.25, 0.3) is 0 Å². The fraction of sp³-hybridized carbons (Fsp3) is 0.500. The van der Waals surface area contributed by atoms with Gasteiger partial charge in [0.15, 0.2) is 0 Å². The Morgan fingerprint density at radius 1 is 1.29 bits per heavy atom. The molecule has 0 aliphatic carbocycles. The van der Waals surface area contributed by atoms with Crippen molar-refractivity contribution in [2.45, 2.75) is 33.1 Å². The second-order valence-corrected chi connectivity index (χ2v) is 5.43. The monoisotopic (exact) mass is 251 g/mol. The SMILES string of the molecule is Cc1ccc(C(C)(C)CNC(=O)CS)cc1C. The maximum absolute atomic E-state index is 11.2. The van der Waals surface area contributed by atoms with Crippen molar-refractivity contribution < 1.29 is 4.79 Å². The molecule has 0 aliphatic heterocycles. The summed E-state index contributed by atoms with van der Waals surface area (Å²) in [4.78, 5) is 11.2. The first kappa shape index (κ1) is 14.1. The number of thiol groups is 1. The lowest BCUT2D eigenvalue weighted by Gasteiger charge is -2.26. The van der Waals surface area contributed by atoms with Crippen LogP contribution >= 0.6 is 12.6 Å². The quantitative estimate of drug-likeness (QED) is 0.791. The average Bonchev–Trinajstić information content (AvgIpc) is 2.29. The molecule has 0 aromatic heterocycles. The van der Waals surface area contributed by atoms with Gasteiger partial charge in [-0.15, -0.1) is 0 Å². The predicted molar refractivity (Wildman–Crippen MR) is 75.8 cm³/mol. The van der Waals surface area contributed by atoms with E-state index in [1.807, 2.05) is 0 Å². The molecule has 0 radical (unpaired) electrons. The highest BCUT2D eigenvalue weighted by Crippen LogP contribution is 2.24. The highest BCUT2D eigenvalue weighted by molar-refractivity contribution is 7.81. The molecule has 0 heterocycles. The zero-order valence-electron chi connectivity index (χ0n) is 11.0. The van der Waals surface area contributed by atoms with Gasteiger partial charge in [-0.05, 0) is 30.5 Å². The Hall–Kier alpha value is -0.960. The first-order valence-electron chi connectivity index (χ1n) is 5.82. The van der Waals surface area contributed by atoms with Crippen molar-refractivity contribution in [2.75, 3.05) is 12.3 Å². The molecule has 0 saturated carbocycles. The Kier molecular flexibility index (Phi) is 4.63. The second-order valence-electron chi connectivity index (χ2n) is 5.12. The van der Waals surface area contributed by atoms with Crippen molar-refractivity contribution in [1.82, 2.24) is 5.32 Å². The molecule has 1 amide bonds. The molecule has 17 heavy (non-hydrogen) atoms. The number of hydrogen-bond acceptors (Lipinski definition) is 2. The van der Waals surface area contributed by atoms with Gasteiger partial charge < -0.3 is 5.32 Å². The number of aryl methyl sites for hydroxylation is 2. The number of carbonyl (C=O) groups is 1. The van der Waals surface area contributed by atoms with Crippen LogP contribution in [0, 0.1) is 13.8 Å². The zero-order valence-corrected chi connectivity index (χ0v) is 11.9. The molecule has 0 bridgehead atoms. The Labute approximate surface area is 109 Å². The highest BCUT2D eigenvalue weighted by atomic mass is 32.1. The summed E-state index contributed by atoms with van der Waals surface area (Å²) in [5.41, 5.74) is 3.77. The van der Waals surface area contributed by atoms with Crippen LogP contribution in [0.5, 0.6) is 0 Å². The van der Waals surface area contributed by atoms with Crippen molar-refractivity contribution >= 4 is 18.5 Å². The molecular formula is C14H21NOS. The van der Waals surface area contributed by atoms with Crippen LogP contribution in [0.4, 0.5) is 0 Å². The second kappa shape index (κ2) is 5.58. The van der Waals surface area contributed by atoms with Crippen LogP contribution in [-0.4, -0.2) is 18.2 Å². The maximum Gasteiger partial charge on any atom is 0.229 e. The van der Waals surface area contributed by atoms with Gasteiger partial charge in [-0.2, -0.15) is 12.6 Å². The summed E-state index contributed by atoms with van der Waals surface area (Å²) in [5.74, 6) is 0.216. The van der Waals surface area contributed by atoms with Gasteiger partial charge in [0.25, 0.3) is 0 Å². The molecule has 0 atom stereocenters. The summed E-state index contributed by atoms with van der Waals surface area (Å²) >= 11 is 3.95. The Morgan fingerprint density at radius 2 is 1.94 bits per heavy atom. The van der Waals surface area contributed by atoms with Crippen LogP contribution in [0.15, 0.2) is 18.2 Å². The summed E-state index contributed by atoms with van der Waals surface area (Å²) in [6, 6.07) is 6.46. The summed E-state index contributed by atoms with van der Waals surface area (Å²) in [6.45, 7) is 9.12. The van der Waals surface area contributed by atoms with Crippen molar-refractivity contribution in [2.24, 2.45) is 0 Å². The minimum Gasteiger partial charge on any atom is -0.355 e. The molecule has 1 rings (SSSR count). The van der Waals surface area contributed by atoms with Gasteiger partial charge in [-0.25, -0.2) is 0 Å². The van der Waals surface area contributed by atoms with Crippen LogP contribution < -0.4 is 5.32 Å². The third-order valence-corrected chi connectivity index (χ3v) is 3.45. The van der Waals surface area contributed by atoms with Crippen molar-refractivity contribution in [1.29, 1.82) is 0 Å². The molecule has 1 aromatic rings. The van der Waals surface area contributed by atoms with Gasteiger partial charge >= 0.3 is 0 Å². The van der Waals surface area contributed by atoms with Gasteiger partial charge in [-0.3, -0.25) is 4.79 Å². The number of rotatable bonds is 4. The van der Waals surface area contributed by atoms with Crippen molar-refractivity contribution in [3.63, 3.8) is 0 Å². The Balaban J connectivity index is 2.81. The van der Waals surface area contributed by atoms with Crippen LogP contribution in [-0.2, 0) is 10.2 Å². The summed E-state index contributed by atoms with van der Waals surface area (Å²) in [6.07, 6.45) is 0. The summed E-state index contributed by atoms with van der Waals surface area (Å²) in [5, 5.41) is 2.89. The van der Waals surface area contributed by atoms with E-state index in [1.54, 1.807) is 0 Å². The molecule has 1 aromatic carbocycles. The molecule has 94 valence electrons. The first-order chi connectivity index (χ1) is 7.86. The lowest BCUT2D eigenvalue weighted by molar-refractivity contribution is -0.118. The lowest BCUT2D eigenvalue weighted by Crippen LogP contribution is -2.37. The molecule has 0 spiro atoms. The fourth-order valence-electron chi connectivity index (χ4n) is 1.64. The highest BCUT2D eigenvalue weighted by Gasteiger charge is 2.21. The van der Waals surface area contributed by atoms with E-state index >= 15 is 0 Å². The largest absolute Gasteiger partial charge is 0.355 e. The standard InChI is InChI=1S/C14H21NOS/c1-10-5-6-12(7-11(10)2)14(3,4)9-15-13(16)8-17/h5-7,17H,8-9H2,1-4H3,(H,15,16). The number of nitrogens with one attached hydrogen (secondary N) is 1. The third kappa shape index (κ3) is 3.77. The van der Waals surface area contributed by atoms with E-state index in [0.717, 1.165) is 0 Å². The normalized spacial score (nSPS) is 11.4. The number of benzene rings is 1. The summed E-state index contributed by atoms with van der Waals surface area (Å²) in [7, 11) is 0. The van der Waals surface area contributed by atoms with E-state index in [2.05, 4.69) is 63.8 Å². The minimum absolute atomic E-state index is 0.0229. The molecule has 0 unspecified atom stereocenters. The molecule has 0 aliphatic rings. The molecule has 0 saturated heterocycles. The van der Waals surface area contributed by atoms with E-state index in [9.17, 15) is 4.79 Å². The van der Waals surface area contributed by atoms with Gasteiger partial charge in [0.1, 0.15) is 0 Å². The minimum atomic E-state index is -0.0585. The van der Waals surface area contributed by atoms with Gasteiger partial charge in [-0.1, -0.05) is 32.0 Å². The van der Waals surface area contributed by atoms with E-state index in [-0.39, 0.29) is 17.1 Å². The Morgan fingerprint density at radius 3 is 2.47 bits per heavy atom. The van der Waals surface area contributed by atoms with E-state index < -0.39 is 0 Å². The first-order valence-corrected chi connectivity index (χ1v) is 6.45. The molecule has 2 nitrogen and oxygen atoms in total. The number of amides is 1. The topological polar surface area (TPSA) is 29.1 Å². The molecular weight excluding hydrogens is 230 g/mol. The van der Waals surface area contributed by atoms with Gasteiger partial charge in [0, 0.05) is 12.0 Å². The van der Waals surface area contributed by atoms with E-state index in [0.29, 0.717) is 6.54 Å². The molecule has 1 N–H and O–H groups in total. The zero-order chi connectivity index (χ0) is 13.1.